The summed E-state index contributed by atoms with van der Waals surface area (Å²) in [4.78, 5) is 46.1. The monoisotopic (exact) mass is 348 g/mol. The van der Waals surface area contributed by atoms with Crippen LogP contribution < -0.4 is 21.7 Å². The lowest BCUT2D eigenvalue weighted by Gasteiger charge is -2.07. The lowest BCUT2D eigenvalue weighted by Crippen LogP contribution is -2.42. The predicted molar refractivity (Wildman–Crippen MR) is 82.5 cm³/mol. The van der Waals surface area contributed by atoms with Crippen LogP contribution in [0.1, 0.15) is 40.4 Å². The van der Waals surface area contributed by atoms with Gasteiger partial charge in [-0.05, 0) is 30.7 Å². The fourth-order valence-corrected chi connectivity index (χ4v) is 1.73. The number of carbonyl (C=O) groups excluding carboxylic acids is 4. The summed E-state index contributed by atoms with van der Waals surface area (Å²) in [5.74, 6) is -1.98. The van der Waals surface area contributed by atoms with Crippen molar-refractivity contribution < 1.29 is 28.0 Å². The molecule has 0 saturated carbocycles. The molecule has 0 atom stereocenters. The van der Waals surface area contributed by atoms with Gasteiger partial charge in [-0.3, -0.25) is 40.9 Å². The van der Waals surface area contributed by atoms with Crippen molar-refractivity contribution in [2.24, 2.45) is 0 Å². The average molecular weight is 348 g/mol. The summed E-state index contributed by atoms with van der Waals surface area (Å²) in [7, 11) is 0. The second kappa shape index (κ2) is 8.91. The van der Waals surface area contributed by atoms with Crippen molar-refractivity contribution in [2.45, 2.75) is 19.3 Å². The lowest BCUT2D eigenvalue weighted by atomic mass is 10.2. The topological polar surface area (TPSA) is 143 Å². The molecule has 0 unspecified atom stereocenters. The van der Waals surface area contributed by atoms with Crippen molar-refractivity contribution in [3.63, 3.8) is 0 Å². The molecule has 2 aromatic heterocycles. The molecule has 4 amide bonds. The first kappa shape index (κ1) is 17.8. The third-order valence-corrected chi connectivity index (χ3v) is 2.93. The molecule has 10 heteroatoms. The number of rotatable bonds is 6. The molecule has 2 aromatic rings. The Bertz CT molecular complexity index is 661. The SMILES string of the molecule is O=C(CCCC(=O)NNC(=O)c1ccco1)NNC(=O)c1ccco1. The van der Waals surface area contributed by atoms with Crippen LogP contribution in [0.4, 0.5) is 0 Å². The van der Waals surface area contributed by atoms with E-state index in [2.05, 4.69) is 21.7 Å². The summed E-state index contributed by atoms with van der Waals surface area (Å²) in [6, 6.07) is 5.98. The molecule has 0 bridgehead atoms. The quantitative estimate of drug-likeness (QED) is 0.552. The Morgan fingerprint density at radius 3 is 1.52 bits per heavy atom. The van der Waals surface area contributed by atoms with Gasteiger partial charge in [0.25, 0.3) is 0 Å². The van der Waals surface area contributed by atoms with Gasteiger partial charge in [-0.25, -0.2) is 0 Å². The Kier molecular flexibility index (Phi) is 6.34. The molecule has 0 aliphatic rings. The highest BCUT2D eigenvalue weighted by molar-refractivity contribution is 5.93. The maximum atomic E-state index is 11.5. The molecule has 0 saturated heterocycles. The van der Waals surface area contributed by atoms with Crippen molar-refractivity contribution in [2.75, 3.05) is 0 Å². The largest absolute Gasteiger partial charge is 0.459 e. The lowest BCUT2D eigenvalue weighted by molar-refractivity contribution is -0.123. The molecule has 132 valence electrons. The van der Waals surface area contributed by atoms with Gasteiger partial charge in [0, 0.05) is 12.8 Å². The van der Waals surface area contributed by atoms with Gasteiger partial charge in [-0.2, -0.15) is 0 Å². The molecule has 2 heterocycles. The number of hydrazine groups is 2. The third-order valence-electron chi connectivity index (χ3n) is 2.93. The average Bonchev–Trinajstić information content (AvgIpc) is 3.30. The van der Waals surface area contributed by atoms with E-state index in [0.717, 1.165) is 0 Å². The molecule has 0 aliphatic heterocycles. The van der Waals surface area contributed by atoms with E-state index in [1.165, 1.54) is 24.7 Å². The smallest absolute Gasteiger partial charge is 0.305 e. The van der Waals surface area contributed by atoms with Crippen LogP contribution in [-0.2, 0) is 9.59 Å². The first-order valence-electron chi connectivity index (χ1n) is 7.31. The first-order valence-corrected chi connectivity index (χ1v) is 7.31. The van der Waals surface area contributed by atoms with Crippen molar-refractivity contribution in [3.05, 3.63) is 48.3 Å². The van der Waals surface area contributed by atoms with E-state index in [1.807, 2.05) is 0 Å². The number of carbonyl (C=O) groups is 4. The Morgan fingerprint density at radius 1 is 0.720 bits per heavy atom. The van der Waals surface area contributed by atoms with Crippen LogP contribution in [0.3, 0.4) is 0 Å². The Hall–Kier alpha value is -3.56. The van der Waals surface area contributed by atoms with Crippen molar-refractivity contribution in [1.82, 2.24) is 21.7 Å². The molecule has 0 radical (unpaired) electrons. The maximum Gasteiger partial charge on any atom is 0.305 e. The zero-order chi connectivity index (χ0) is 18.1. The predicted octanol–water partition coefficient (Wildman–Crippen LogP) is 0.265. The van der Waals surface area contributed by atoms with Crippen LogP contribution in [0.5, 0.6) is 0 Å². The number of hydrogen-bond acceptors (Lipinski definition) is 6. The van der Waals surface area contributed by atoms with E-state index in [1.54, 1.807) is 12.1 Å². The van der Waals surface area contributed by atoms with Gasteiger partial charge < -0.3 is 8.83 Å². The fraction of sp³-hybridized carbons (Fsp3) is 0.200. The van der Waals surface area contributed by atoms with Gasteiger partial charge in [-0.1, -0.05) is 0 Å². The van der Waals surface area contributed by atoms with Gasteiger partial charge in [0.2, 0.25) is 11.8 Å². The molecule has 0 aromatic carbocycles. The van der Waals surface area contributed by atoms with Gasteiger partial charge in [-0.15, -0.1) is 0 Å². The van der Waals surface area contributed by atoms with Gasteiger partial charge in [0.05, 0.1) is 12.5 Å². The minimum atomic E-state index is -0.586. The summed E-state index contributed by atoms with van der Waals surface area (Å²) < 4.78 is 9.71. The fourth-order valence-electron chi connectivity index (χ4n) is 1.73. The second-order valence-corrected chi connectivity index (χ2v) is 4.81. The van der Waals surface area contributed by atoms with E-state index in [9.17, 15) is 19.2 Å². The highest BCUT2D eigenvalue weighted by atomic mass is 16.3. The molecule has 0 aliphatic carbocycles. The van der Waals surface area contributed by atoms with Crippen LogP contribution >= 0.6 is 0 Å². The van der Waals surface area contributed by atoms with E-state index >= 15 is 0 Å². The summed E-state index contributed by atoms with van der Waals surface area (Å²) >= 11 is 0. The number of nitrogens with one attached hydrogen (secondary N) is 4. The van der Waals surface area contributed by atoms with Crippen LogP contribution in [0.25, 0.3) is 0 Å². The Morgan fingerprint density at radius 2 is 1.16 bits per heavy atom. The molecular weight excluding hydrogens is 332 g/mol. The molecular formula is C15H16N4O6. The molecule has 25 heavy (non-hydrogen) atoms. The Balaban J connectivity index is 1.56. The second-order valence-electron chi connectivity index (χ2n) is 4.81. The molecule has 4 N–H and O–H groups in total. The minimum Gasteiger partial charge on any atom is -0.459 e. The van der Waals surface area contributed by atoms with E-state index in [0.29, 0.717) is 0 Å². The highest BCUT2D eigenvalue weighted by Crippen LogP contribution is 2.00. The van der Waals surface area contributed by atoms with Crippen molar-refractivity contribution >= 4 is 23.6 Å². The van der Waals surface area contributed by atoms with Crippen molar-refractivity contribution in [3.8, 4) is 0 Å². The van der Waals surface area contributed by atoms with Crippen LogP contribution in [-0.4, -0.2) is 23.6 Å². The minimum absolute atomic E-state index is 0.0119. The zero-order valence-electron chi connectivity index (χ0n) is 13.0. The summed E-state index contributed by atoms with van der Waals surface area (Å²) in [5.41, 5.74) is 8.76. The summed E-state index contributed by atoms with van der Waals surface area (Å²) in [5, 5.41) is 0. The zero-order valence-corrected chi connectivity index (χ0v) is 13.0. The number of amides is 4. The standard InChI is InChI=1S/C15H16N4O6/c20-12(16-18-14(22)10-4-2-8-24-10)6-1-7-13(21)17-19-15(23)11-5-3-9-25-11/h2-5,8-9H,1,6-7H2,(H,16,20)(H,17,21)(H,18,22)(H,19,23). The third kappa shape index (κ3) is 5.86. The normalized spacial score (nSPS) is 9.92. The Labute approximate surface area is 141 Å². The molecule has 0 spiro atoms. The van der Waals surface area contributed by atoms with Crippen LogP contribution in [0, 0.1) is 0 Å². The van der Waals surface area contributed by atoms with Crippen LogP contribution in [0.15, 0.2) is 45.6 Å². The van der Waals surface area contributed by atoms with Gasteiger partial charge >= 0.3 is 11.8 Å². The van der Waals surface area contributed by atoms with E-state index in [4.69, 9.17) is 8.83 Å². The van der Waals surface area contributed by atoms with E-state index in [-0.39, 0.29) is 30.8 Å². The summed E-state index contributed by atoms with van der Waals surface area (Å²) in [6.45, 7) is 0. The number of hydrogen-bond donors (Lipinski definition) is 4. The number of furan rings is 2. The highest BCUT2D eigenvalue weighted by Gasteiger charge is 2.11. The van der Waals surface area contributed by atoms with E-state index < -0.39 is 23.6 Å². The van der Waals surface area contributed by atoms with Crippen LogP contribution in [0.2, 0.25) is 0 Å². The summed E-state index contributed by atoms with van der Waals surface area (Å²) in [6.07, 6.45) is 2.92. The molecule has 2 rings (SSSR count). The first-order chi connectivity index (χ1) is 12.1. The van der Waals surface area contributed by atoms with Gasteiger partial charge in [0.1, 0.15) is 0 Å². The molecule has 10 nitrogen and oxygen atoms in total. The van der Waals surface area contributed by atoms with Gasteiger partial charge in [0.15, 0.2) is 11.5 Å². The molecule has 0 fully saturated rings. The van der Waals surface area contributed by atoms with Crippen molar-refractivity contribution in [1.29, 1.82) is 0 Å². The maximum absolute atomic E-state index is 11.5.